The summed E-state index contributed by atoms with van der Waals surface area (Å²) in [7, 11) is -0.461. The van der Waals surface area contributed by atoms with Gasteiger partial charge in [0.2, 0.25) is 10.0 Å². The number of amides is 1. The molecule has 0 atom stereocenters. The first-order valence-corrected chi connectivity index (χ1v) is 13.1. The highest BCUT2D eigenvalue weighted by Crippen LogP contribution is 2.35. The minimum Gasteiger partial charge on any atom is -0.493 e. The number of anilines is 1. The number of sulfonamides is 1. The molecule has 1 aliphatic heterocycles. The van der Waals surface area contributed by atoms with Gasteiger partial charge in [-0.2, -0.15) is 0 Å². The Kier molecular flexibility index (Phi) is 7.54. The van der Waals surface area contributed by atoms with Gasteiger partial charge in [-0.3, -0.25) is 9.10 Å². The third kappa shape index (κ3) is 5.83. The third-order valence-electron chi connectivity index (χ3n) is 5.66. The molecule has 3 aromatic carbocycles. The highest BCUT2D eigenvalue weighted by molar-refractivity contribution is 7.92. The maximum Gasteiger partial charge on any atom is 0.251 e. The summed E-state index contributed by atoms with van der Waals surface area (Å²) in [4.78, 5) is 12.6. The van der Waals surface area contributed by atoms with Gasteiger partial charge in [-0.1, -0.05) is 18.2 Å². The van der Waals surface area contributed by atoms with Crippen LogP contribution in [0.15, 0.2) is 60.7 Å². The molecule has 1 aliphatic rings. The fourth-order valence-electron chi connectivity index (χ4n) is 3.79. The molecule has 1 amide bonds. The molecule has 3 aromatic rings. The van der Waals surface area contributed by atoms with Crippen LogP contribution in [-0.4, -0.2) is 48.0 Å². The standard InChI is InChI=1S/C26H28N2O7S/c1-32-22-10-6-19(14-24(22)33-2)16-27-26(29)20-7-4-18(5-8-20)17-28(36(3,30)31)21-9-11-23-25(15-21)35-13-12-34-23/h4-11,14-15H,12-13,16-17H2,1-3H3,(H,27,29). The van der Waals surface area contributed by atoms with Crippen LogP contribution in [0.5, 0.6) is 23.0 Å². The monoisotopic (exact) mass is 512 g/mol. The minimum absolute atomic E-state index is 0.103. The predicted octanol–water partition coefficient (Wildman–Crippen LogP) is 3.37. The van der Waals surface area contributed by atoms with Gasteiger partial charge in [0.25, 0.3) is 5.91 Å². The van der Waals surface area contributed by atoms with E-state index < -0.39 is 10.0 Å². The Bertz CT molecular complexity index is 1340. The maximum absolute atomic E-state index is 12.6. The van der Waals surface area contributed by atoms with Gasteiger partial charge >= 0.3 is 0 Å². The van der Waals surface area contributed by atoms with Crippen LogP contribution >= 0.6 is 0 Å². The van der Waals surface area contributed by atoms with E-state index in [1.807, 2.05) is 6.07 Å². The molecule has 10 heteroatoms. The number of fused-ring (bicyclic) bond motifs is 1. The number of methoxy groups -OCH3 is 2. The number of benzene rings is 3. The van der Waals surface area contributed by atoms with Gasteiger partial charge in [0.1, 0.15) is 13.2 Å². The highest BCUT2D eigenvalue weighted by atomic mass is 32.2. The first-order chi connectivity index (χ1) is 17.3. The molecule has 4 rings (SSSR count). The molecule has 0 bridgehead atoms. The molecule has 9 nitrogen and oxygen atoms in total. The van der Waals surface area contributed by atoms with Crippen LogP contribution in [0.25, 0.3) is 0 Å². The SMILES string of the molecule is COc1ccc(CNC(=O)c2ccc(CN(c3ccc4c(c3)OCCO4)S(C)(=O)=O)cc2)cc1OC. The highest BCUT2D eigenvalue weighted by Gasteiger charge is 2.21. The van der Waals surface area contributed by atoms with E-state index in [9.17, 15) is 13.2 Å². The van der Waals surface area contributed by atoms with Crippen molar-refractivity contribution in [3.05, 3.63) is 77.4 Å². The van der Waals surface area contributed by atoms with Crippen molar-refractivity contribution in [2.75, 3.05) is 38.0 Å². The second-order valence-electron chi connectivity index (χ2n) is 8.17. The van der Waals surface area contributed by atoms with Crippen molar-refractivity contribution in [1.82, 2.24) is 5.32 Å². The van der Waals surface area contributed by atoms with Crippen molar-refractivity contribution in [3.63, 3.8) is 0 Å². The van der Waals surface area contributed by atoms with Gasteiger partial charge in [0.15, 0.2) is 23.0 Å². The van der Waals surface area contributed by atoms with Crippen molar-refractivity contribution in [2.24, 2.45) is 0 Å². The van der Waals surface area contributed by atoms with Gasteiger partial charge in [-0.25, -0.2) is 8.42 Å². The topological polar surface area (TPSA) is 103 Å². The number of carbonyl (C=O) groups is 1. The molecule has 1 N–H and O–H groups in total. The Labute approximate surface area is 210 Å². The molecule has 0 saturated heterocycles. The van der Waals surface area contributed by atoms with Crippen molar-refractivity contribution in [2.45, 2.75) is 13.1 Å². The molecule has 0 spiro atoms. The summed E-state index contributed by atoms with van der Waals surface area (Å²) in [5.41, 5.74) is 2.52. The second kappa shape index (κ2) is 10.8. The van der Waals surface area contributed by atoms with E-state index in [0.29, 0.717) is 54.0 Å². The Morgan fingerprint density at radius 2 is 1.56 bits per heavy atom. The lowest BCUT2D eigenvalue weighted by atomic mass is 10.1. The van der Waals surface area contributed by atoms with Crippen molar-refractivity contribution in [1.29, 1.82) is 0 Å². The maximum atomic E-state index is 12.6. The molecule has 1 heterocycles. The predicted molar refractivity (Wildman–Crippen MR) is 136 cm³/mol. The Morgan fingerprint density at radius 1 is 0.889 bits per heavy atom. The summed E-state index contributed by atoms with van der Waals surface area (Å²) in [6, 6.07) is 17.3. The summed E-state index contributed by atoms with van der Waals surface area (Å²) in [6.45, 7) is 1.28. The summed E-state index contributed by atoms with van der Waals surface area (Å²) in [5, 5.41) is 2.88. The fourth-order valence-corrected chi connectivity index (χ4v) is 4.67. The zero-order valence-corrected chi connectivity index (χ0v) is 21.1. The molecule has 190 valence electrons. The zero-order valence-electron chi connectivity index (χ0n) is 20.3. The lowest BCUT2D eigenvalue weighted by molar-refractivity contribution is 0.0951. The lowest BCUT2D eigenvalue weighted by Gasteiger charge is -2.25. The summed E-state index contributed by atoms with van der Waals surface area (Å²) in [6.07, 6.45) is 1.15. The van der Waals surface area contributed by atoms with E-state index in [1.165, 1.54) is 4.31 Å². The van der Waals surface area contributed by atoms with Crippen LogP contribution in [0.1, 0.15) is 21.5 Å². The Balaban J connectivity index is 1.44. The average Bonchev–Trinajstić information content (AvgIpc) is 2.89. The molecule has 0 radical (unpaired) electrons. The molecule has 0 unspecified atom stereocenters. The van der Waals surface area contributed by atoms with Gasteiger partial charge in [0.05, 0.1) is 32.7 Å². The first-order valence-electron chi connectivity index (χ1n) is 11.2. The number of ether oxygens (including phenoxy) is 4. The van der Waals surface area contributed by atoms with E-state index in [2.05, 4.69) is 5.32 Å². The number of hydrogen-bond acceptors (Lipinski definition) is 7. The van der Waals surface area contributed by atoms with Crippen molar-refractivity contribution >= 4 is 21.6 Å². The van der Waals surface area contributed by atoms with Crippen LogP contribution in [0.4, 0.5) is 5.69 Å². The third-order valence-corrected chi connectivity index (χ3v) is 6.80. The lowest BCUT2D eigenvalue weighted by Crippen LogP contribution is -2.29. The van der Waals surface area contributed by atoms with Gasteiger partial charge in [-0.05, 0) is 47.5 Å². The number of carbonyl (C=O) groups excluding carboxylic acids is 1. The minimum atomic E-state index is -3.58. The smallest absolute Gasteiger partial charge is 0.251 e. The van der Waals surface area contributed by atoms with E-state index >= 15 is 0 Å². The van der Waals surface area contributed by atoms with Crippen LogP contribution in [0.2, 0.25) is 0 Å². The quantitative estimate of drug-likeness (QED) is 0.469. The van der Waals surface area contributed by atoms with E-state index in [1.54, 1.807) is 68.8 Å². The van der Waals surface area contributed by atoms with Gasteiger partial charge < -0.3 is 24.3 Å². The fraction of sp³-hybridized carbons (Fsp3) is 0.269. The largest absolute Gasteiger partial charge is 0.493 e. The summed E-state index contributed by atoms with van der Waals surface area (Å²) >= 11 is 0. The van der Waals surface area contributed by atoms with Crippen LogP contribution in [0, 0.1) is 0 Å². The number of rotatable bonds is 9. The molecule has 36 heavy (non-hydrogen) atoms. The number of hydrogen-bond donors (Lipinski definition) is 1. The normalized spacial score (nSPS) is 12.5. The van der Waals surface area contributed by atoms with E-state index in [4.69, 9.17) is 18.9 Å². The number of nitrogens with zero attached hydrogens (tertiary/aromatic N) is 1. The van der Waals surface area contributed by atoms with Crippen molar-refractivity contribution < 1.29 is 32.2 Å². The van der Waals surface area contributed by atoms with Gasteiger partial charge in [0, 0.05) is 18.2 Å². The molecular weight excluding hydrogens is 484 g/mol. The number of nitrogens with one attached hydrogen (secondary N) is 1. The van der Waals surface area contributed by atoms with Crippen molar-refractivity contribution in [3.8, 4) is 23.0 Å². The van der Waals surface area contributed by atoms with Crippen LogP contribution < -0.4 is 28.6 Å². The summed E-state index contributed by atoms with van der Waals surface area (Å²) < 4.78 is 48.1. The van der Waals surface area contributed by atoms with E-state index in [0.717, 1.165) is 17.4 Å². The molecular formula is C26H28N2O7S. The summed E-state index contributed by atoms with van der Waals surface area (Å²) in [5.74, 6) is 2.04. The van der Waals surface area contributed by atoms with E-state index in [-0.39, 0.29) is 12.5 Å². The Morgan fingerprint density at radius 3 is 2.22 bits per heavy atom. The first kappa shape index (κ1) is 25.2. The average molecular weight is 513 g/mol. The zero-order chi connectivity index (χ0) is 25.7. The second-order valence-corrected chi connectivity index (χ2v) is 10.1. The molecule has 0 saturated carbocycles. The van der Waals surface area contributed by atoms with Crippen LogP contribution in [-0.2, 0) is 23.1 Å². The van der Waals surface area contributed by atoms with Crippen LogP contribution in [0.3, 0.4) is 0 Å². The molecule has 0 aliphatic carbocycles. The Hall–Kier alpha value is -3.92. The molecule has 0 fully saturated rings. The van der Waals surface area contributed by atoms with Gasteiger partial charge in [-0.15, -0.1) is 0 Å². The molecule has 0 aromatic heterocycles.